The fraction of sp³-hybridized carbons (Fsp3) is 0.750. The average molecular weight is 466 g/mol. The number of pyridine rings is 1. The van der Waals surface area contributed by atoms with Crippen LogP contribution in [-0.2, 0) is 17.8 Å². The average Bonchev–Trinajstić information content (AvgIpc) is 2.77. The van der Waals surface area contributed by atoms with Crippen molar-refractivity contribution in [1.82, 2.24) is 19.7 Å². The van der Waals surface area contributed by atoms with E-state index in [0.717, 1.165) is 56.4 Å². The van der Waals surface area contributed by atoms with Crippen LogP contribution in [0.3, 0.4) is 0 Å². The van der Waals surface area contributed by atoms with Crippen molar-refractivity contribution in [2.75, 3.05) is 57.3 Å². The molecular formula is C24H34F3N5O. The zero-order valence-electron chi connectivity index (χ0n) is 19.2. The Morgan fingerprint density at radius 2 is 1.79 bits per heavy atom. The molecule has 2 saturated heterocycles. The van der Waals surface area contributed by atoms with Crippen LogP contribution in [0.25, 0.3) is 0 Å². The molecule has 1 aromatic rings. The highest BCUT2D eigenvalue weighted by Crippen LogP contribution is 2.35. The lowest BCUT2D eigenvalue weighted by Gasteiger charge is -2.43. The Morgan fingerprint density at radius 1 is 1.00 bits per heavy atom. The van der Waals surface area contributed by atoms with Crippen LogP contribution >= 0.6 is 0 Å². The molecule has 1 unspecified atom stereocenters. The molecule has 9 heteroatoms. The van der Waals surface area contributed by atoms with Crippen molar-refractivity contribution in [3.8, 4) is 0 Å². The number of anilines is 1. The van der Waals surface area contributed by atoms with E-state index in [1.54, 1.807) is 4.90 Å². The molecule has 1 saturated carbocycles. The summed E-state index contributed by atoms with van der Waals surface area (Å²) in [5.41, 5.74) is 2.04. The van der Waals surface area contributed by atoms with Crippen molar-refractivity contribution in [3.05, 3.63) is 23.4 Å². The van der Waals surface area contributed by atoms with Gasteiger partial charge in [-0.3, -0.25) is 14.6 Å². The van der Waals surface area contributed by atoms with E-state index in [9.17, 15) is 18.0 Å². The number of hydrogen-bond acceptors (Lipinski definition) is 5. The maximum atomic E-state index is 13.2. The summed E-state index contributed by atoms with van der Waals surface area (Å²) in [6.07, 6.45) is 1.25. The molecule has 1 aromatic heterocycles. The number of hydrogen-bond donors (Lipinski definition) is 0. The van der Waals surface area contributed by atoms with Crippen molar-refractivity contribution >= 4 is 11.7 Å². The van der Waals surface area contributed by atoms with Gasteiger partial charge >= 0.3 is 6.18 Å². The smallest absolute Gasteiger partial charge is 0.356 e. The lowest BCUT2D eigenvalue weighted by Crippen LogP contribution is -2.55. The Labute approximate surface area is 193 Å². The third-order valence-corrected chi connectivity index (χ3v) is 7.94. The van der Waals surface area contributed by atoms with Gasteiger partial charge in [0.05, 0.1) is 12.5 Å². The van der Waals surface area contributed by atoms with Gasteiger partial charge in [-0.25, -0.2) is 4.98 Å². The lowest BCUT2D eigenvalue weighted by atomic mass is 9.91. The van der Waals surface area contributed by atoms with E-state index in [-0.39, 0.29) is 18.9 Å². The van der Waals surface area contributed by atoms with Gasteiger partial charge < -0.3 is 9.80 Å². The quantitative estimate of drug-likeness (QED) is 0.684. The van der Waals surface area contributed by atoms with Crippen LogP contribution in [0.1, 0.15) is 43.4 Å². The molecule has 4 heterocycles. The summed E-state index contributed by atoms with van der Waals surface area (Å²) in [6, 6.07) is 4.58. The number of piperidine rings is 1. The molecule has 0 N–H and O–H groups in total. The Balaban J connectivity index is 1.14. The summed E-state index contributed by atoms with van der Waals surface area (Å²) >= 11 is 0. The Morgan fingerprint density at radius 3 is 2.48 bits per heavy atom. The number of alkyl halides is 3. The Hall–Kier alpha value is -1.87. The zero-order chi connectivity index (χ0) is 23.0. The second kappa shape index (κ2) is 9.41. The third-order valence-electron chi connectivity index (χ3n) is 7.94. The largest absolute Gasteiger partial charge is 0.393 e. The summed E-state index contributed by atoms with van der Waals surface area (Å²) in [4.78, 5) is 26.1. The first-order chi connectivity index (χ1) is 15.9. The molecule has 1 atom stereocenters. The molecule has 5 rings (SSSR count). The van der Waals surface area contributed by atoms with Gasteiger partial charge in [0.25, 0.3) is 0 Å². The number of rotatable bonds is 4. The van der Waals surface area contributed by atoms with Gasteiger partial charge in [-0.1, -0.05) is 12.5 Å². The minimum absolute atomic E-state index is 0.01000. The van der Waals surface area contributed by atoms with Gasteiger partial charge in [-0.15, -0.1) is 0 Å². The molecular weight excluding hydrogens is 431 g/mol. The molecule has 0 spiro atoms. The van der Waals surface area contributed by atoms with E-state index in [1.807, 2.05) is 17.0 Å². The third kappa shape index (κ3) is 5.14. The van der Waals surface area contributed by atoms with Gasteiger partial charge in [0, 0.05) is 70.5 Å². The summed E-state index contributed by atoms with van der Waals surface area (Å²) in [6.45, 7) is 6.05. The van der Waals surface area contributed by atoms with Gasteiger partial charge in [0.15, 0.2) is 0 Å². The Kier molecular flexibility index (Phi) is 6.53. The fourth-order valence-corrected chi connectivity index (χ4v) is 5.61. The van der Waals surface area contributed by atoms with Crippen LogP contribution in [0.5, 0.6) is 0 Å². The van der Waals surface area contributed by atoms with Gasteiger partial charge in [0.1, 0.15) is 5.82 Å². The molecule has 4 aliphatic rings. The number of carbonyl (C=O) groups excluding carboxylic acids is 1. The number of aromatic nitrogens is 1. The SMILES string of the molecule is O=C(CN1CCc2nc(N3CCCC(C(F)(F)F)C3)ccc2C1)N1CCN(C2CCC2)CC1. The van der Waals surface area contributed by atoms with E-state index in [1.165, 1.54) is 19.3 Å². The monoisotopic (exact) mass is 465 g/mol. The summed E-state index contributed by atoms with van der Waals surface area (Å²) in [5.74, 6) is -0.430. The number of halogens is 3. The van der Waals surface area contributed by atoms with Crippen LogP contribution in [0.15, 0.2) is 12.1 Å². The van der Waals surface area contributed by atoms with Crippen LogP contribution in [0.2, 0.25) is 0 Å². The molecule has 0 aromatic carbocycles. The molecule has 1 aliphatic carbocycles. The normalized spacial score (nSPS) is 25.6. The van der Waals surface area contributed by atoms with Gasteiger partial charge in [-0.2, -0.15) is 13.2 Å². The lowest BCUT2D eigenvalue weighted by molar-refractivity contribution is -0.176. The molecule has 3 aliphatic heterocycles. The van der Waals surface area contributed by atoms with Crippen LogP contribution in [0.4, 0.5) is 19.0 Å². The fourth-order valence-electron chi connectivity index (χ4n) is 5.61. The predicted molar refractivity (Wildman–Crippen MR) is 120 cm³/mol. The molecule has 0 bridgehead atoms. The molecule has 0 radical (unpaired) electrons. The topological polar surface area (TPSA) is 42.9 Å². The second-order valence-electron chi connectivity index (χ2n) is 10.1. The number of carbonyl (C=O) groups is 1. The molecule has 182 valence electrons. The first kappa shape index (κ1) is 22.9. The number of nitrogens with zero attached hydrogens (tertiary/aromatic N) is 5. The zero-order valence-corrected chi connectivity index (χ0v) is 19.2. The summed E-state index contributed by atoms with van der Waals surface area (Å²) < 4.78 is 39.5. The van der Waals surface area contributed by atoms with E-state index in [4.69, 9.17) is 4.98 Å². The van der Waals surface area contributed by atoms with Crippen molar-refractivity contribution in [3.63, 3.8) is 0 Å². The number of piperazine rings is 1. The van der Waals surface area contributed by atoms with Crippen LogP contribution < -0.4 is 4.90 Å². The second-order valence-corrected chi connectivity index (χ2v) is 10.1. The first-order valence-corrected chi connectivity index (χ1v) is 12.4. The minimum Gasteiger partial charge on any atom is -0.356 e. The van der Waals surface area contributed by atoms with Crippen LogP contribution in [0, 0.1) is 5.92 Å². The number of fused-ring (bicyclic) bond motifs is 1. The molecule has 1 amide bonds. The van der Waals surface area contributed by atoms with E-state index in [0.29, 0.717) is 31.9 Å². The van der Waals surface area contributed by atoms with Crippen molar-refractivity contribution in [2.24, 2.45) is 5.92 Å². The van der Waals surface area contributed by atoms with Gasteiger partial charge in [-0.05, 0) is 37.3 Å². The highest BCUT2D eigenvalue weighted by molar-refractivity contribution is 5.78. The predicted octanol–water partition coefficient (Wildman–Crippen LogP) is 2.92. The standard InChI is InChI=1S/C24H34F3N5O/c25-24(26,27)19-3-2-9-32(16-19)22-7-6-18-15-29(10-8-21(18)28-22)17-23(33)31-13-11-30(12-14-31)20-4-1-5-20/h6-7,19-20H,1-5,8-17H2. The van der Waals surface area contributed by atoms with Gasteiger partial charge in [0.2, 0.25) is 5.91 Å². The minimum atomic E-state index is -4.15. The molecule has 6 nitrogen and oxygen atoms in total. The highest BCUT2D eigenvalue weighted by Gasteiger charge is 2.42. The van der Waals surface area contributed by atoms with Crippen molar-refractivity contribution < 1.29 is 18.0 Å². The Bertz CT molecular complexity index is 851. The number of amides is 1. The summed E-state index contributed by atoms with van der Waals surface area (Å²) in [5, 5.41) is 0. The molecule has 33 heavy (non-hydrogen) atoms. The summed E-state index contributed by atoms with van der Waals surface area (Å²) in [7, 11) is 0. The van der Waals surface area contributed by atoms with E-state index in [2.05, 4.69) is 9.80 Å². The van der Waals surface area contributed by atoms with E-state index >= 15 is 0 Å². The van der Waals surface area contributed by atoms with Crippen molar-refractivity contribution in [2.45, 2.75) is 57.3 Å². The molecule has 3 fully saturated rings. The maximum absolute atomic E-state index is 13.2. The van der Waals surface area contributed by atoms with E-state index < -0.39 is 12.1 Å². The van der Waals surface area contributed by atoms with Crippen LogP contribution in [-0.4, -0.2) is 90.2 Å². The first-order valence-electron chi connectivity index (χ1n) is 12.4. The maximum Gasteiger partial charge on any atom is 0.393 e. The highest BCUT2D eigenvalue weighted by atomic mass is 19.4. The van der Waals surface area contributed by atoms with Crippen molar-refractivity contribution in [1.29, 1.82) is 0 Å².